The van der Waals surface area contributed by atoms with Crippen molar-refractivity contribution in [1.82, 2.24) is 14.5 Å². The van der Waals surface area contributed by atoms with Crippen LogP contribution < -0.4 is 5.32 Å². The van der Waals surface area contributed by atoms with Gasteiger partial charge in [-0.15, -0.1) is 0 Å². The van der Waals surface area contributed by atoms with Crippen molar-refractivity contribution in [3.8, 4) is 0 Å². The summed E-state index contributed by atoms with van der Waals surface area (Å²) in [6.45, 7) is 2.77. The highest BCUT2D eigenvalue weighted by atomic mass is 32.2. The molecule has 2 aromatic rings. The van der Waals surface area contributed by atoms with E-state index in [4.69, 9.17) is 0 Å². The molecule has 1 amide bonds. The molecule has 0 radical (unpaired) electrons. The van der Waals surface area contributed by atoms with Crippen LogP contribution in [0.15, 0.2) is 59.5 Å². The van der Waals surface area contributed by atoms with Gasteiger partial charge in [0.25, 0.3) is 0 Å². The van der Waals surface area contributed by atoms with Gasteiger partial charge in [0.05, 0.1) is 4.90 Å². The first-order chi connectivity index (χ1) is 14.4. The van der Waals surface area contributed by atoms with Crippen molar-refractivity contribution in [2.75, 3.05) is 19.6 Å². The quantitative estimate of drug-likeness (QED) is 0.763. The van der Waals surface area contributed by atoms with E-state index in [2.05, 4.69) is 22.3 Å². The predicted octanol–water partition coefficient (Wildman–Crippen LogP) is 2.37. The molecule has 0 unspecified atom stereocenters. The second-order valence-corrected chi connectivity index (χ2v) is 9.83. The van der Waals surface area contributed by atoms with Gasteiger partial charge in [-0.05, 0) is 49.1 Å². The first-order valence-corrected chi connectivity index (χ1v) is 11.7. The summed E-state index contributed by atoms with van der Waals surface area (Å²) in [6.07, 6.45) is 1.96. The van der Waals surface area contributed by atoms with E-state index in [0.29, 0.717) is 19.4 Å². The lowest BCUT2D eigenvalue weighted by molar-refractivity contribution is -0.124. The fourth-order valence-corrected chi connectivity index (χ4v) is 5.92. The normalized spacial score (nSPS) is 23.0. The third-order valence-electron chi connectivity index (χ3n) is 5.79. The Labute approximate surface area is 176 Å². The van der Waals surface area contributed by atoms with Crippen LogP contribution in [0.2, 0.25) is 0 Å². The van der Waals surface area contributed by atoms with Crippen molar-refractivity contribution in [3.05, 3.63) is 66.0 Å². The Bertz CT molecular complexity index is 982. The topological polar surface area (TPSA) is 69.7 Å². The molecule has 1 N–H and O–H groups in total. The summed E-state index contributed by atoms with van der Waals surface area (Å²) in [7, 11) is -3.84. The molecule has 2 heterocycles. The highest BCUT2D eigenvalue weighted by Gasteiger charge is 2.40. The minimum atomic E-state index is -3.84. The van der Waals surface area contributed by atoms with Gasteiger partial charge in [-0.25, -0.2) is 12.8 Å². The fraction of sp³-hybridized carbons (Fsp3) is 0.409. The standard InChI is InChI=1S/C22H26FN3O3S/c23-18-8-10-20(11-9-18)30(28,29)26-13-4-7-21(26)22(27)24-19-12-14-25(16-19)15-17-5-2-1-3-6-17/h1-3,5-6,8-11,19,21H,4,7,12-16H2,(H,24,27)/t19-,21+/m1/s1. The molecule has 2 fully saturated rings. The van der Waals surface area contributed by atoms with E-state index >= 15 is 0 Å². The van der Waals surface area contributed by atoms with Gasteiger partial charge in [-0.2, -0.15) is 4.31 Å². The average Bonchev–Trinajstić information content (AvgIpc) is 3.39. The van der Waals surface area contributed by atoms with E-state index in [1.165, 1.54) is 22.0 Å². The van der Waals surface area contributed by atoms with Crippen LogP contribution in [0.5, 0.6) is 0 Å². The Morgan fingerprint density at radius 3 is 2.50 bits per heavy atom. The van der Waals surface area contributed by atoms with E-state index in [9.17, 15) is 17.6 Å². The van der Waals surface area contributed by atoms with Gasteiger partial charge < -0.3 is 5.32 Å². The molecule has 2 saturated heterocycles. The molecule has 2 aromatic carbocycles. The zero-order valence-electron chi connectivity index (χ0n) is 16.7. The Kier molecular flexibility index (Phi) is 6.17. The first kappa shape index (κ1) is 21.0. The average molecular weight is 432 g/mol. The predicted molar refractivity (Wildman–Crippen MR) is 112 cm³/mol. The van der Waals surface area contributed by atoms with Crippen molar-refractivity contribution >= 4 is 15.9 Å². The molecule has 4 rings (SSSR count). The van der Waals surface area contributed by atoms with E-state index in [-0.39, 0.29) is 16.8 Å². The molecule has 0 aliphatic carbocycles. The van der Waals surface area contributed by atoms with Gasteiger partial charge in [0.15, 0.2) is 0 Å². The molecule has 6 nitrogen and oxygen atoms in total. The summed E-state index contributed by atoms with van der Waals surface area (Å²) < 4.78 is 40.4. The molecule has 2 aliphatic heterocycles. The van der Waals surface area contributed by atoms with Gasteiger partial charge in [0.1, 0.15) is 11.9 Å². The summed E-state index contributed by atoms with van der Waals surface area (Å²) in [5.41, 5.74) is 1.23. The number of sulfonamides is 1. The molecule has 30 heavy (non-hydrogen) atoms. The lowest BCUT2D eigenvalue weighted by Crippen LogP contribution is -2.49. The van der Waals surface area contributed by atoms with Crippen molar-refractivity contribution < 1.29 is 17.6 Å². The monoisotopic (exact) mass is 431 g/mol. The number of halogens is 1. The van der Waals surface area contributed by atoms with E-state index < -0.39 is 21.9 Å². The second-order valence-electron chi connectivity index (χ2n) is 7.94. The number of rotatable bonds is 6. The highest BCUT2D eigenvalue weighted by molar-refractivity contribution is 7.89. The molecule has 2 aliphatic rings. The van der Waals surface area contributed by atoms with Crippen molar-refractivity contribution in [3.63, 3.8) is 0 Å². The number of carbonyl (C=O) groups is 1. The molecule has 160 valence electrons. The third kappa shape index (κ3) is 4.55. The van der Waals surface area contributed by atoms with Crippen LogP contribution in [0.4, 0.5) is 4.39 Å². The van der Waals surface area contributed by atoms with Gasteiger partial charge >= 0.3 is 0 Å². The zero-order chi connectivity index (χ0) is 21.1. The number of hydrogen-bond donors (Lipinski definition) is 1. The van der Waals surface area contributed by atoms with Crippen molar-refractivity contribution in [2.45, 2.75) is 42.8 Å². The van der Waals surface area contributed by atoms with Crippen LogP contribution in [0.3, 0.4) is 0 Å². The Hall–Kier alpha value is -2.29. The molecule has 0 saturated carbocycles. The molecule has 2 atom stereocenters. The number of carbonyl (C=O) groups excluding carboxylic acids is 1. The molecular weight excluding hydrogens is 405 g/mol. The Morgan fingerprint density at radius 1 is 1.03 bits per heavy atom. The Balaban J connectivity index is 1.38. The summed E-state index contributed by atoms with van der Waals surface area (Å²) >= 11 is 0. The maximum absolute atomic E-state index is 13.2. The largest absolute Gasteiger partial charge is 0.351 e. The van der Waals surface area contributed by atoms with Crippen molar-refractivity contribution in [1.29, 1.82) is 0 Å². The van der Waals surface area contributed by atoms with E-state index in [1.807, 2.05) is 18.2 Å². The van der Waals surface area contributed by atoms with Gasteiger partial charge in [0.2, 0.25) is 15.9 Å². The zero-order valence-corrected chi connectivity index (χ0v) is 17.5. The SMILES string of the molecule is O=C(N[C@@H]1CCN(Cc2ccccc2)C1)[C@@H]1CCCN1S(=O)(=O)c1ccc(F)cc1. The van der Waals surface area contributed by atoms with Crippen LogP contribution >= 0.6 is 0 Å². The van der Waals surface area contributed by atoms with Crippen LogP contribution in [-0.4, -0.2) is 55.2 Å². The smallest absolute Gasteiger partial charge is 0.243 e. The van der Waals surface area contributed by atoms with E-state index in [0.717, 1.165) is 38.2 Å². The maximum atomic E-state index is 13.2. The lowest BCUT2D eigenvalue weighted by Gasteiger charge is -2.25. The minimum absolute atomic E-state index is 0.0113. The van der Waals surface area contributed by atoms with Crippen LogP contribution in [-0.2, 0) is 21.4 Å². The number of likely N-dealkylation sites (tertiary alicyclic amines) is 1. The second kappa shape index (κ2) is 8.83. The van der Waals surface area contributed by atoms with Crippen LogP contribution in [0.25, 0.3) is 0 Å². The number of nitrogens with zero attached hydrogens (tertiary/aromatic N) is 2. The van der Waals surface area contributed by atoms with Gasteiger partial charge in [0, 0.05) is 32.2 Å². The summed E-state index contributed by atoms with van der Waals surface area (Å²) in [5, 5.41) is 3.05. The Morgan fingerprint density at radius 2 is 1.77 bits per heavy atom. The fourth-order valence-electron chi connectivity index (χ4n) is 4.26. The van der Waals surface area contributed by atoms with Crippen LogP contribution in [0, 0.1) is 5.82 Å². The molecule has 0 bridgehead atoms. The highest BCUT2D eigenvalue weighted by Crippen LogP contribution is 2.27. The first-order valence-electron chi connectivity index (χ1n) is 10.3. The number of hydrogen-bond acceptors (Lipinski definition) is 4. The minimum Gasteiger partial charge on any atom is -0.351 e. The van der Waals surface area contributed by atoms with Crippen molar-refractivity contribution in [2.24, 2.45) is 0 Å². The number of benzene rings is 2. The maximum Gasteiger partial charge on any atom is 0.243 e. The summed E-state index contributed by atoms with van der Waals surface area (Å²) in [4.78, 5) is 15.2. The molecule has 8 heteroatoms. The van der Waals surface area contributed by atoms with E-state index in [1.54, 1.807) is 0 Å². The summed E-state index contributed by atoms with van der Waals surface area (Å²) in [5.74, 6) is -0.740. The molecule has 0 spiro atoms. The van der Waals surface area contributed by atoms with Crippen LogP contribution in [0.1, 0.15) is 24.8 Å². The third-order valence-corrected chi connectivity index (χ3v) is 7.72. The van der Waals surface area contributed by atoms with Gasteiger partial charge in [-0.1, -0.05) is 30.3 Å². The summed E-state index contributed by atoms with van der Waals surface area (Å²) in [6, 6.07) is 14.2. The molecular formula is C22H26FN3O3S. The lowest BCUT2D eigenvalue weighted by atomic mass is 10.2. The molecule has 0 aromatic heterocycles. The van der Waals surface area contributed by atoms with Gasteiger partial charge in [-0.3, -0.25) is 9.69 Å². The number of nitrogens with one attached hydrogen (secondary N) is 1. The number of amides is 1.